The molecule has 1 aliphatic heterocycles. The van der Waals surface area contributed by atoms with E-state index in [1.807, 2.05) is 26.5 Å². The van der Waals surface area contributed by atoms with E-state index in [4.69, 9.17) is 9.72 Å². The van der Waals surface area contributed by atoms with Crippen molar-refractivity contribution in [1.82, 2.24) is 25.0 Å². The Morgan fingerprint density at radius 1 is 1.46 bits per heavy atom. The van der Waals surface area contributed by atoms with E-state index < -0.39 is 0 Å². The summed E-state index contributed by atoms with van der Waals surface area (Å²) in [6.45, 7) is 9.49. The third-order valence-corrected chi connectivity index (χ3v) is 5.24. The number of hydrogen-bond acceptors (Lipinski definition) is 5. The van der Waals surface area contributed by atoms with Crippen molar-refractivity contribution in [3.63, 3.8) is 0 Å². The molecule has 0 spiro atoms. The molecule has 1 fully saturated rings. The minimum Gasteiger partial charge on any atom is -0.370 e. The van der Waals surface area contributed by atoms with Crippen molar-refractivity contribution < 1.29 is 4.74 Å². The number of ether oxygens (including phenoxy) is 1. The van der Waals surface area contributed by atoms with Gasteiger partial charge in [-0.1, -0.05) is 20.8 Å². The zero-order valence-corrected chi connectivity index (χ0v) is 17.0. The largest absolute Gasteiger partial charge is 0.370 e. The van der Waals surface area contributed by atoms with Crippen LogP contribution in [0.1, 0.15) is 43.1 Å². The van der Waals surface area contributed by atoms with Crippen LogP contribution in [0.3, 0.4) is 0 Å². The molecule has 3 heterocycles. The summed E-state index contributed by atoms with van der Waals surface area (Å²) in [6, 6.07) is 0. The Hall–Kier alpha value is -1.93. The van der Waals surface area contributed by atoms with Crippen molar-refractivity contribution >= 4 is 17.3 Å². The zero-order chi connectivity index (χ0) is 18.7. The molecule has 142 valence electrons. The van der Waals surface area contributed by atoms with Gasteiger partial charge in [-0.05, 0) is 0 Å². The number of guanidine groups is 1. The maximum atomic E-state index is 5.92. The quantitative estimate of drug-likeness (QED) is 0.658. The summed E-state index contributed by atoms with van der Waals surface area (Å²) in [4.78, 5) is 11.4. The summed E-state index contributed by atoms with van der Waals surface area (Å²) < 4.78 is 7.72. The Kier molecular flexibility index (Phi) is 5.62. The Balaban J connectivity index is 1.61. The van der Waals surface area contributed by atoms with Crippen LogP contribution in [-0.2, 0) is 23.7 Å². The molecular weight excluding hydrogens is 348 g/mol. The average Bonchev–Trinajstić information content (AvgIpc) is 3.24. The van der Waals surface area contributed by atoms with Crippen molar-refractivity contribution in [3.8, 4) is 0 Å². The highest BCUT2D eigenvalue weighted by Crippen LogP contribution is 2.24. The van der Waals surface area contributed by atoms with Crippen molar-refractivity contribution in [2.45, 2.75) is 38.8 Å². The predicted molar refractivity (Wildman–Crippen MR) is 104 cm³/mol. The Bertz CT molecular complexity index is 760. The van der Waals surface area contributed by atoms with Gasteiger partial charge < -0.3 is 15.0 Å². The monoisotopic (exact) mass is 376 g/mol. The highest BCUT2D eigenvalue weighted by atomic mass is 32.1. The van der Waals surface area contributed by atoms with E-state index >= 15 is 0 Å². The Morgan fingerprint density at radius 2 is 2.27 bits per heavy atom. The van der Waals surface area contributed by atoms with Gasteiger partial charge in [0, 0.05) is 43.2 Å². The third-order valence-electron chi connectivity index (χ3n) is 4.39. The van der Waals surface area contributed by atoms with Crippen LogP contribution in [0.2, 0.25) is 0 Å². The normalized spacial score (nSPS) is 19.0. The SMILES string of the molecule is CN=C(NCc1nc(C(C)(C)C)cs1)N1CCOC(c2cnn(C)c2)C1. The van der Waals surface area contributed by atoms with Gasteiger partial charge in [-0.3, -0.25) is 9.67 Å². The van der Waals surface area contributed by atoms with Gasteiger partial charge in [0.1, 0.15) is 11.1 Å². The lowest BCUT2D eigenvalue weighted by atomic mass is 9.93. The molecule has 2 aromatic heterocycles. The molecule has 0 aliphatic carbocycles. The molecule has 26 heavy (non-hydrogen) atoms. The van der Waals surface area contributed by atoms with Gasteiger partial charge in [-0.25, -0.2) is 4.98 Å². The summed E-state index contributed by atoms with van der Waals surface area (Å²) in [5, 5.41) is 10.9. The van der Waals surface area contributed by atoms with E-state index in [0.29, 0.717) is 13.2 Å². The lowest BCUT2D eigenvalue weighted by molar-refractivity contribution is -0.00805. The van der Waals surface area contributed by atoms with E-state index in [9.17, 15) is 0 Å². The fraction of sp³-hybridized carbons (Fsp3) is 0.611. The van der Waals surface area contributed by atoms with Crippen LogP contribution in [-0.4, -0.2) is 52.4 Å². The first-order valence-corrected chi connectivity index (χ1v) is 9.75. The molecule has 0 aromatic carbocycles. The number of aryl methyl sites for hydroxylation is 1. The molecule has 1 saturated heterocycles. The van der Waals surface area contributed by atoms with Gasteiger partial charge in [-0.15, -0.1) is 11.3 Å². The summed E-state index contributed by atoms with van der Waals surface area (Å²) in [5.41, 5.74) is 2.32. The number of hydrogen-bond donors (Lipinski definition) is 1. The minimum absolute atomic E-state index is 0.0170. The second-order valence-corrected chi connectivity index (χ2v) is 8.47. The lowest BCUT2D eigenvalue weighted by Gasteiger charge is -2.34. The van der Waals surface area contributed by atoms with E-state index in [1.54, 1.807) is 16.0 Å². The summed E-state index contributed by atoms with van der Waals surface area (Å²) in [7, 11) is 3.74. The molecule has 7 nitrogen and oxygen atoms in total. The molecule has 1 aliphatic rings. The van der Waals surface area contributed by atoms with Gasteiger partial charge >= 0.3 is 0 Å². The molecule has 0 amide bonds. The van der Waals surface area contributed by atoms with Crippen LogP contribution < -0.4 is 5.32 Å². The average molecular weight is 377 g/mol. The van der Waals surface area contributed by atoms with Crippen molar-refractivity contribution in [1.29, 1.82) is 0 Å². The van der Waals surface area contributed by atoms with E-state index in [0.717, 1.165) is 35.3 Å². The first kappa shape index (κ1) is 18.8. The van der Waals surface area contributed by atoms with Crippen LogP contribution in [0.25, 0.3) is 0 Å². The first-order chi connectivity index (χ1) is 12.4. The number of rotatable bonds is 3. The van der Waals surface area contributed by atoms with Crippen molar-refractivity contribution in [3.05, 3.63) is 34.0 Å². The molecule has 0 bridgehead atoms. The Labute approximate surface area is 159 Å². The maximum Gasteiger partial charge on any atom is 0.194 e. The second-order valence-electron chi connectivity index (χ2n) is 7.53. The predicted octanol–water partition coefficient (Wildman–Crippen LogP) is 2.32. The molecule has 1 N–H and O–H groups in total. The standard InChI is InChI=1S/C18H28N6OS/c1-18(2,3)15-12-26-16(22-15)9-20-17(19-4)24-6-7-25-14(11-24)13-8-21-23(5)10-13/h8,10,12,14H,6-7,9,11H2,1-5H3,(H,19,20). The number of nitrogens with zero attached hydrogens (tertiary/aromatic N) is 5. The van der Waals surface area contributed by atoms with Crippen LogP contribution >= 0.6 is 11.3 Å². The van der Waals surface area contributed by atoms with Crippen molar-refractivity contribution in [2.75, 3.05) is 26.7 Å². The van der Waals surface area contributed by atoms with Crippen LogP contribution in [0.4, 0.5) is 0 Å². The van der Waals surface area contributed by atoms with Gasteiger partial charge in [0.25, 0.3) is 0 Å². The topological polar surface area (TPSA) is 67.6 Å². The maximum absolute atomic E-state index is 5.92. The van der Waals surface area contributed by atoms with E-state index in [2.05, 4.69) is 46.5 Å². The molecule has 1 unspecified atom stereocenters. The Morgan fingerprint density at radius 3 is 2.88 bits per heavy atom. The number of nitrogens with one attached hydrogen (secondary N) is 1. The fourth-order valence-electron chi connectivity index (χ4n) is 2.87. The summed E-state index contributed by atoms with van der Waals surface area (Å²) in [5.74, 6) is 0.884. The summed E-state index contributed by atoms with van der Waals surface area (Å²) >= 11 is 1.69. The fourth-order valence-corrected chi connectivity index (χ4v) is 3.83. The van der Waals surface area contributed by atoms with Gasteiger partial charge in [0.05, 0.1) is 31.6 Å². The number of aromatic nitrogens is 3. The highest BCUT2D eigenvalue weighted by Gasteiger charge is 2.25. The second kappa shape index (κ2) is 7.75. The minimum atomic E-state index is 0.0170. The van der Waals surface area contributed by atoms with Crippen LogP contribution in [0.15, 0.2) is 22.8 Å². The third kappa shape index (κ3) is 4.42. The van der Waals surface area contributed by atoms with E-state index in [-0.39, 0.29) is 11.5 Å². The molecular formula is C18H28N6OS. The van der Waals surface area contributed by atoms with Gasteiger partial charge in [0.2, 0.25) is 0 Å². The molecule has 0 saturated carbocycles. The first-order valence-electron chi connectivity index (χ1n) is 8.87. The van der Waals surface area contributed by atoms with Crippen molar-refractivity contribution in [2.24, 2.45) is 12.0 Å². The molecule has 2 aromatic rings. The highest BCUT2D eigenvalue weighted by molar-refractivity contribution is 7.09. The number of thiazole rings is 1. The molecule has 8 heteroatoms. The van der Waals surface area contributed by atoms with Crippen LogP contribution in [0, 0.1) is 0 Å². The smallest absolute Gasteiger partial charge is 0.194 e. The molecule has 3 rings (SSSR count). The van der Waals surface area contributed by atoms with E-state index in [1.165, 1.54) is 0 Å². The number of aliphatic imine (C=N–C) groups is 1. The molecule has 0 radical (unpaired) electrons. The summed E-state index contributed by atoms with van der Waals surface area (Å²) in [6.07, 6.45) is 3.89. The number of morpholine rings is 1. The lowest BCUT2D eigenvalue weighted by Crippen LogP contribution is -2.47. The molecule has 1 atom stereocenters. The van der Waals surface area contributed by atoms with Crippen LogP contribution in [0.5, 0.6) is 0 Å². The van der Waals surface area contributed by atoms with Gasteiger partial charge in [-0.2, -0.15) is 5.10 Å². The van der Waals surface area contributed by atoms with Gasteiger partial charge in [0.15, 0.2) is 5.96 Å². The zero-order valence-electron chi connectivity index (χ0n) is 16.2.